The Morgan fingerprint density at radius 3 is 2.72 bits per heavy atom. The molecule has 0 radical (unpaired) electrons. The first kappa shape index (κ1) is 17.3. The highest BCUT2D eigenvalue weighted by Gasteiger charge is 2.11. The Bertz CT molecular complexity index is 902. The summed E-state index contributed by atoms with van der Waals surface area (Å²) >= 11 is 5.79. The molecule has 1 heterocycles. The minimum atomic E-state index is -0.517. The molecule has 0 unspecified atom stereocenters. The predicted octanol–water partition coefficient (Wildman–Crippen LogP) is 4.93. The number of ether oxygens (including phenoxy) is 2. The Hall–Kier alpha value is -2.53. The van der Waals surface area contributed by atoms with E-state index in [1.165, 1.54) is 12.1 Å². The number of halogens is 2. The summed E-state index contributed by atoms with van der Waals surface area (Å²) in [5.41, 5.74) is 7.40. The average molecular weight is 361 g/mol. The number of aryl methyl sites for hydroxylation is 1. The molecule has 6 heteroatoms. The number of methoxy groups -OCH3 is 1. The van der Waals surface area contributed by atoms with Gasteiger partial charge in [-0.15, -0.1) is 11.6 Å². The molecule has 2 aromatic carbocycles. The predicted molar refractivity (Wildman–Crippen MR) is 98.2 cm³/mol. The van der Waals surface area contributed by atoms with Crippen molar-refractivity contribution in [2.24, 2.45) is 0 Å². The lowest BCUT2D eigenvalue weighted by atomic mass is 10.1. The fraction of sp³-hybridized carbons (Fsp3) is 0.211. The van der Waals surface area contributed by atoms with E-state index in [-0.39, 0.29) is 5.69 Å². The fourth-order valence-electron chi connectivity index (χ4n) is 2.62. The molecule has 0 saturated heterocycles. The Morgan fingerprint density at radius 2 is 2.00 bits per heavy atom. The van der Waals surface area contributed by atoms with Crippen molar-refractivity contribution in [2.45, 2.75) is 12.8 Å². The Labute approximate surface area is 150 Å². The Balaban J connectivity index is 2.02. The van der Waals surface area contributed by atoms with E-state index in [1.807, 2.05) is 12.1 Å². The van der Waals surface area contributed by atoms with Crippen LogP contribution in [0.5, 0.6) is 17.2 Å². The van der Waals surface area contributed by atoms with Gasteiger partial charge in [0.25, 0.3) is 0 Å². The van der Waals surface area contributed by atoms with Crippen molar-refractivity contribution >= 4 is 28.2 Å². The number of hydrogen-bond donors (Lipinski definition) is 1. The number of nitrogens with two attached hydrogens (primary N) is 1. The largest absolute Gasteiger partial charge is 0.496 e. The van der Waals surface area contributed by atoms with Gasteiger partial charge in [-0.2, -0.15) is 0 Å². The van der Waals surface area contributed by atoms with Gasteiger partial charge in [0.1, 0.15) is 23.1 Å². The minimum absolute atomic E-state index is 0.0811. The molecule has 0 aliphatic carbocycles. The van der Waals surface area contributed by atoms with Crippen LogP contribution < -0.4 is 15.2 Å². The lowest BCUT2D eigenvalue weighted by Gasteiger charge is -2.13. The number of benzene rings is 2. The second-order valence-electron chi connectivity index (χ2n) is 5.57. The molecule has 0 atom stereocenters. The van der Waals surface area contributed by atoms with E-state index >= 15 is 0 Å². The molecule has 130 valence electrons. The van der Waals surface area contributed by atoms with E-state index in [4.69, 9.17) is 26.8 Å². The highest BCUT2D eigenvalue weighted by Crippen LogP contribution is 2.34. The number of rotatable bonds is 6. The van der Waals surface area contributed by atoms with Gasteiger partial charge in [0, 0.05) is 23.5 Å². The summed E-state index contributed by atoms with van der Waals surface area (Å²) < 4.78 is 25.0. The topological polar surface area (TPSA) is 57.4 Å². The second kappa shape index (κ2) is 7.57. The fourth-order valence-corrected chi connectivity index (χ4v) is 2.75. The summed E-state index contributed by atoms with van der Waals surface area (Å²) in [4.78, 5) is 4.40. The molecular formula is C19H18ClFN2O2. The second-order valence-corrected chi connectivity index (χ2v) is 5.95. The molecule has 0 saturated carbocycles. The zero-order chi connectivity index (χ0) is 17.8. The molecule has 0 spiro atoms. The van der Waals surface area contributed by atoms with Gasteiger partial charge in [-0.3, -0.25) is 4.98 Å². The molecule has 0 aliphatic heterocycles. The summed E-state index contributed by atoms with van der Waals surface area (Å²) in [6, 6.07) is 9.93. The summed E-state index contributed by atoms with van der Waals surface area (Å²) in [6.45, 7) is 0. The summed E-state index contributed by atoms with van der Waals surface area (Å²) in [6.07, 6.45) is 3.31. The van der Waals surface area contributed by atoms with Crippen LogP contribution in [-0.2, 0) is 6.42 Å². The molecule has 0 bridgehead atoms. The van der Waals surface area contributed by atoms with E-state index < -0.39 is 5.82 Å². The number of alkyl halides is 1. The van der Waals surface area contributed by atoms with Crippen LogP contribution in [0.3, 0.4) is 0 Å². The molecule has 25 heavy (non-hydrogen) atoms. The molecule has 4 nitrogen and oxygen atoms in total. The highest BCUT2D eigenvalue weighted by molar-refractivity contribution is 6.17. The first-order chi connectivity index (χ1) is 12.1. The smallest absolute Gasteiger partial charge is 0.149 e. The normalized spacial score (nSPS) is 10.8. The van der Waals surface area contributed by atoms with Crippen LogP contribution in [0.1, 0.15) is 12.0 Å². The summed E-state index contributed by atoms with van der Waals surface area (Å²) in [5.74, 6) is 1.75. The van der Waals surface area contributed by atoms with Gasteiger partial charge in [0.2, 0.25) is 0 Å². The quantitative estimate of drug-likeness (QED) is 0.500. The number of nitrogens with zero attached hydrogens (tertiary/aromatic N) is 1. The lowest BCUT2D eigenvalue weighted by molar-refractivity contribution is 0.409. The van der Waals surface area contributed by atoms with E-state index in [0.29, 0.717) is 17.4 Å². The van der Waals surface area contributed by atoms with Crippen molar-refractivity contribution in [1.29, 1.82) is 0 Å². The van der Waals surface area contributed by atoms with Crippen LogP contribution in [-0.4, -0.2) is 18.0 Å². The van der Waals surface area contributed by atoms with E-state index in [0.717, 1.165) is 35.1 Å². The third-order valence-electron chi connectivity index (χ3n) is 3.88. The minimum Gasteiger partial charge on any atom is -0.496 e. The first-order valence-corrected chi connectivity index (χ1v) is 8.40. The molecular weight excluding hydrogens is 343 g/mol. The Kier molecular flexibility index (Phi) is 5.24. The number of fused-ring (bicyclic) bond motifs is 1. The third-order valence-corrected chi connectivity index (χ3v) is 4.15. The maximum Gasteiger partial charge on any atom is 0.149 e. The molecule has 0 amide bonds. The van der Waals surface area contributed by atoms with Crippen molar-refractivity contribution in [1.82, 2.24) is 4.98 Å². The number of aromatic nitrogens is 1. The van der Waals surface area contributed by atoms with Crippen LogP contribution in [0.4, 0.5) is 10.1 Å². The number of pyridine rings is 1. The number of hydrogen-bond acceptors (Lipinski definition) is 4. The number of anilines is 1. The van der Waals surface area contributed by atoms with E-state index in [9.17, 15) is 4.39 Å². The first-order valence-electron chi connectivity index (χ1n) is 7.87. The van der Waals surface area contributed by atoms with Gasteiger partial charge in [-0.1, -0.05) is 0 Å². The van der Waals surface area contributed by atoms with Crippen molar-refractivity contribution in [3.8, 4) is 17.2 Å². The van der Waals surface area contributed by atoms with E-state index in [2.05, 4.69) is 4.98 Å². The lowest BCUT2D eigenvalue weighted by Crippen LogP contribution is -1.96. The van der Waals surface area contributed by atoms with Gasteiger partial charge >= 0.3 is 0 Å². The molecule has 0 aliphatic rings. The molecule has 0 fully saturated rings. The Morgan fingerprint density at radius 1 is 1.16 bits per heavy atom. The van der Waals surface area contributed by atoms with Gasteiger partial charge < -0.3 is 15.2 Å². The van der Waals surface area contributed by atoms with E-state index in [1.54, 1.807) is 25.4 Å². The van der Waals surface area contributed by atoms with Crippen LogP contribution in [0.15, 0.2) is 42.6 Å². The molecule has 2 N–H and O–H groups in total. The highest BCUT2D eigenvalue weighted by atomic mass is 35.5. The van der Waals surface area contributed by atoms with Crippen LogP contribution in [0, 0.1) is 5.82 Å². The molecule has 3 aromatic rings. The van der Waals surface area contributed by atoms with Gasteiger partial charge in [-0.05, 0) is 48.7 Å². The van der Waals surface area contributed by atoms with Gasteiger partial charge in [-0.25, -0.2) is 4.39 Å². The molecule has 1 aromatic heterocycles. The maximum atomic E-state index is 13.6. The van der Waals surface area contributed by atoms with Crippen molar-refractivity contribution in [3.63, 3.8) is 0 Å². The number of nitrogen functional groups attached to an aromatic ring is 1. The SMILES string of the molecule is COc1cc2c(Oc3ccc(N)c(F)c3)ccnc2cc1CCCCl. The maximum absolute atomic E-state index is 13.6. The monoisotopic (exact) mass is 360 g/mol. The van der Waals surface area contributed by atoms with Crippen molar-refractivity contribution in [2.75, 3.05) is 18.7 Å². The standard InChI is InChI=1S/C19H18ClFN2O2/c1-24-19-11-14-17(9-12(19)3-2-7-20)23-8-6-18(14)25-13-4-5-16(22)15(21)10-13/h4-6,8-11H,2-3,7,22H2,1H3. The van der Waals surface area contributed by atoms with Crippen molar-refractivity contribution in [3.05, 3.63) is 54.0 Å². The third kappa shape index (κ3) is 3.77. The van der Waals surface area contributed by atoms with Crippen molar-refractivity contribution < 1.29 is 13.9 Å². The van der Waals surface area contributed by atoms with Gasteiger partial charge in [0.15, 0.2) is 0 Å². The average Bonchev–Trinajstić information content (AvgIpc) is 2.62. The zero-order valence-corrected chi connectivity index (χ0v) is 14.5. The van der Waals surface area contributed by atoms with Crippen LogP contribution in [0.2, 0.25) is 0 Å². The summed E-state index contributed by atoms with van der Waals surface area (Å²) in [7, 11) is 1.62. The zero-order valence-electron chi connectivity index (χ0n) is 13.8. The van der Waals surface area contributed by atoms with Crippen LogP contribution in [0.25, 0.3) is 10.9 Å². The summed E-state index contributed by atoms with van der Waals surface area (Å²) in [5, 5.41) is 0.784. The van der Waals surface area contributed by atoms with Gasteiger partial charge in [0.05, 0.1) is 18.3 Å². The van der Waals surface area contributed by atoms with Crippen LogP contribution >= 0.6 is 11.6 Å². The molecule has 3 rings (SSSR count).